The van der Waals surface area contributed by atoms with E-state index in [2.05, 4.69) is 0 Å². The molecule has 1 fully saturated rings. The lowest BCUT2D eigenvalue weighted by molar-refractivity contribution is 0.0720. The molecule has 0 spiro atoms. The predicted octanol–water partition coefficient (Wildman–Crippen LogP) is 3.57. The topological polar surface area (TPSA) is 33.5 Å². The lowest BCUT2D eigenvalue weighted by Crippen LogP contribution is -2.30. The van der Waals surface area contributed by atoms with Crippen LogP contribution in [0.15, 0.2) is 47.1 Å². The summed E-state index contributed by atoms with van der Waals surface area (Å²) in [5.41, 5.74) is 1.92. The van der Waals surface area contributed by atoms with Crippen LogP contribution in [0.1, 0.15) is 40.6 Å². The van der Waals surface area contributed by atoms with Crippen molar-refractivity contribution in [3.8, 4) is 0 Å². The van der Waals surface area contributed by atoms with Crippen molar-refractivity contribution < 1.29 is 9.21 Å². The van der Waals surface area contributed by atoms with Crippen LogP contribution in [-0.2, 0) is 0 Å². The summed E-state index contributed by atoms with van der Waals surface area (Å²) in [5.74, 6) is 0.983. The van der Waals surface area contributed by atoms with Gasteiger partial charge in [0.15, 0.2) is 0 Å². The van der Waals surface area contributed by atoms with E-state index in [9.17, 15) is 4.79 Å². The Bertz CT molecular complexity index is 557. The monoisotopic (exact) mass is 255 g/mol. The van der Waals surface area contributed by atoms with Crippen molar-refractivity contribution in [2.75, 3.05) is 6.54 Å². The standard InChI is InChI=1S/C16H17NO2/c1-12-6-8-13(9-7-12)16(18)17-10-2-4-14(17)15-5-3-11-19-15/h3,5-9,11,14H,2,4,10H2,1H3/t14-/m1/s1. The number of carbonyl (C=O) groups excluding carboxylic acids is 1. The second-order valence-electron chi connectivity index (χ2n) is 5.04. The van der Waals surface area contributed by atoms with Gasteiger partial charge in [-0.05, 0) is 44.0 Å². The highest BCUT2D eigenvalue weighted by molar-refractivity contribution is 5.94. The van der Waals surface area contributed by atoms with Crippen LogP contribution < -0.4 is 0 Å². The highest BCUT2D eigenvalue weighted by atomic mass is 16.3. The van der Waals surface area contributed by atoms with Crippen molar-refractivity contribution >= 4 is 5.91 Å². The normalized spacial score (nSPS) is 18.8. The van der Waals surface area contributed by atoms with E-state index in [1.165, 1.54) is 5.56 Å². The van der Waals surface area contributed by atoms with Crippen molar-refractivity contribution in [3.05, 3.63) is 59.5 Å². The van der Waals surface area contributed by atoms with Crippen LogP contribution in [0, 0.1) is 6.92 Å². The maximum atomic E-state index is 12.5. The molecule has 1 atom stereocenters. The number of benzene rings is 1. The van der Waals surface area contributed by atoms with Gasteiger partial charge in [-0.3, -0.25) is 4.79 Å². The predicted molar refractivity (Wildman–Crippen MR) is 72.9 cm³/mol. The van der Waals surface area contributed by atoms with Gasteiger partial charge in [0.05, 0.1) is 12.3 Å². The molecule has 1 saturated heterocycles. The van der Waals surface area contributed by atoms with Crippen LogP contribution in [0.2, 0.25) is 0 Å². The van der Waals surface area contributed by atoms with Gasteiger partial charge < -0.3 is 9.32 Å². The highest BCUT2D eigenvalue weighted by Crippen LogP contribution is 2.33. The fourth-order valence-corrected chi connectivity index (χ4v) is 2.65. The number of hydrogen-bond acceptors (Lipinski definition) is 2. The van der Waals surface area contributed by atoms with Gasteiger partial charge in [-0.1, -0.05) is 17.7 Å². The fourth-order valence-electron chi connectivity index (χ4n) is 2.65. The van der Waals surface area contributed by atoms with Gasteiger partial charge in [0.25, 0.3) is 5.91 Å². The molecule has 1 aromatic carbocycles. The van der Waals surface area contributed by atoms with E-state index < -0.39 is 0 Å². The lowest BCUT2D eigenvalue weighted by atomic mass is 10.1. The second kappa shape index (κ2) is 4.92. The van der Waals surface area contributed by atoms with Crippen molar-refractivity contribution in [2.24, 2.45) is 0 Å². The zero-order chi connectivity index (χ0) is 13.2. The fraction of sp³-hybridized carbons (Fsp3) is 0.312. The van der Waals surface area contributed by atoms with Crippen LogP contribution in [0.25, 0.3) is 0 Å². The minimum atomic E-state index is 0.0869. The molecule has 0 radical (unpaired) electrons. The van der Waals surface area contributed by atoms with Gasteiger partial charge in [0, 0.05) is 12.1 Å². The Balaban J connectivity index is 1.84. The van der Waals surface area contributed by atoms with E-state index in [-0.39, 0.29) is 11.9 Å². The molecular weight excluding hydrogens is 238 g/mol. The molecule has 3 rings (SSSR count). The van der Waals surface area contributed by atoms with E-state index in [0.29, 0.717) is 0 Å². The molecule has 1 amide bonds. The maximum absolute atomic E-state index is 12.5. The third kappa shape index (κ3) is 2.28. The summed E-state index contributed by atoms with van der Waals surface area (Å²) in [5, 5.41) is 0. The molecule has 0 N–H and O–H groups in total. The summed E-state index contributed by atoms with van der Waals surface area (Å²) in [6.07, 6.45) is 3.68. The molecular formula is C16H17NO2. The van der Waals surface area contributed by atoms with Crippen molar-refractivity contribution in [1.82, 2.24) is 4.90 Å². The van der Waals surface area contributed by atoms with Gasteiger partial charge >= 0.3 is 0 Å². The van der Waals surface area contributed by atoms with E-state index in [4.69, 9.17) is 4.42 Å². The summed E-state index contributed by atoms with van der Waals surface area (Å²) in [4.78, 5) is 14.5. The third-order valence-electron chi connectivity index (χ3n) is 3.68. The Hall–Kier alpha value is -2.03. The minimum absolute atomic E-state index is 0.0869. The quantitative estimate of drug-likeness (QED) is 0.822. The molecule has 1 aliphatic rings. The number of nitrogens with zero attached hydrogens (tertiary/aromatic N) is 1. The Labute approximate surface area is 112 Å². The van der Waals surface area contributed by atoms with E-state index in [1.54, 1.807) is 6.26 Å². The molecule has 1 aliphatic heterocycles. The van der Waals surface area contributed by atoms with Crippen LogP contribution in [0.5, 0.6) is 0 Å². The number of amides is 1. The molecule has 19 heavy (non-hydrogen) atoms. The summed E-state index contributed by atoms with van der Waals surface area (Å²) in [7, 11) is 0. The van der Waals surface area contributed by atoms with Gasteiger partial charge in [0.1, 0.15) is 5.76 Å². The molecule has 3 heteroatoms. The number of furan rings is 1. The van der Waals surface area contributed by atoms with E-state index >= 15 is 0 Å². The molecule has 0 saturated carbocycles. The first kappa shape index (κ1) is 12.0. The van der Waals surface area contributed by atoms with Crippen molar-refractivity contribution in [1.29, 1.82) is 0 Å². The number of rotatable bonds is 2. The Morgan fingerprint density at radius 2 is 2.05 bits per heavy atom. The number of aryl methyl sites for hydroxylation is 1. The maximum Gasteiger partial charge on any atom is 0.254 e. The van der Waals surface area contributed by atoms with Crippen LogP contribution >= 0.6 is 0 Å². The van der Waals surface area contributed by atoms with Crippen LogP contribution in [-0.4, -0.2) is 17.4 Å². The van der Waals surface area contributed by atoms with Gasteiger partial charge in [0.2, 0.25) is 0 Å². The molecule has 2 heterocycles. The minimum Gasteiger partial charge on any atom is -0.467 e. The first-order valence-corrected chi connectivity index (χ1v) is 6.67. The molecule has 0 bridgehead atoms. The summed E-state index contributed by atoms with van der Waals surface area (Å²) in [6.45, 7) is 2.83. The molecule has 2 aromatic rings. The van der Waals surface area contributed by atoms with Crippen molar-refractivity contribution in [3.63, 3.8) is 0 Å². The van der Waals surface area contributed by atoms with Gasteiger partial charge in [-0.25, -0.2) is 0 Å². The number of likely N-dealkylation sites (tertiary alicyclic amines) is 1. The molecule has 98 valence electrons. The Morgan fingerprint density at radius 3 is 2.74 bits per heavy atom. The lowest BCUT2D eigenvalue weighted by Gasteiger charge is -2.23. The molecule has 0 aliphatic carbocycles. The summed E-state index contributed by atoms with van der Waals surface area (Å²) >= 11 is 0. The van der Waals surface area contributed by atoms with Crippen molar-refractivity contribution in [2.45, 2.75) is 25.8 Å². The average Bonchev–Trinajstić information content (AvgIpc) is 3.09. The summed E-state index contributed by atoms with van der Waals surface area (Å²) in [6, 6.07) is 11.7. The molecule has 3 nitrogen and oxygen atoms in total. The van der Waals surface area contributed by atoms with Crippen LogP contribution in [0.3, 0.4) is 0 Å². The highest BCUT2D eigenvalue weighted by Gasteiger charge is 2.32. The average molecular weight is 255 g/mol. The number of hydrogen-bond donors (Lipinski definition) is 0. The second-order valence-corrected chi connectivity index (χ2v) is 5.04. The van der Waals surface area contributed by atoms with Gasteiger partial charge in [-0.15, -0.1) is 0 Å². The largest absolute Gasteiger partial charge is 0.467 e. The zero-order valence-electron chi connectivity index (χ0n) is 11.0. The third-order valence-corrected chi connectivity index (χ3v) is 3.68. The Kier molecular flexibility index (Phi) is 3.11. The summed E-state index contributed by atoms with van der Waals surface area (Å²) < 4.78 is 5.46. The first-order chi connectivity index (χ1) is 9.25. The van der Waals surface area contributed by atoms with Gasteiger partial charge in [-0.2, -0.15) is 0 Å². The molecule has 0 unspecified atom stereocenters. The van der Waals surface area contributed by atoms with E-state index in [1.807, 2.05) is 48.2 Å². The number of carbonyl (C=O) groups is 1. The smallest absolute Gasteiger partial charge is 0.254 e. The zero-order valence-corrected chi connectivity index (χ0v) is 11.0. The molecule has 1 aromatic heterocycles. The SMILES string of the molecule is Cc1ccc(C(=O)N2CCC[C@@H]2c2ccco2)cc1. The van der Waals surface area contributed by atoms with E-state index in [0.717, 1.165) is 30.7 Å². The van der Waals surface area contributed by atoms with Crippen LogP contribution in [0.4, 0.5) is 0 Å². The first-order valence-electron chi connectivity index (χ1n) is 6.67. The Morgan fingerprint density at radius 1 is 1.26 bits per heavy atom.